The molecule has 5 rings (SSSR count). The van der Waals surface area contributed by atoms with Gasteiger partial charge in [-0.2, -0.15) is 10.1 Å². The van der Waals surface area contributed by atoms with Crippen LogP contribution < -0.4 is 10.5 Å². The molecule has 176 valence electrons. The summed E-state index contributed by atoms with van der Waals surface area (Å²) < 4.78 is 13.0. The van der Waals surface area contributed by atoms with E-state index < -0.39 is 0 Å². The Labute approximate surface area is 198 Å². The minimum absolute atomic E-state index is 0.278. The van der Waals surface area contributed by atoms with Gasteiger partial charge in [-0.1, -0.05) is 0 Å². The number of nitrogens with two attached hydrogens (primary N) is 1. The van der Waals surface area contributed by atoms with Gasteiger partial charge in [-0.3, -0.25) is 9.88 Å². The summed E-state index contributed by atoms with van der Waals surface area (Å²) in [6.07, 6.45) is 5.10. The lowest BCUT2D eigenvalue weighted by Gasteiger charge is -2.31. The van der Waals surface area contributed by atoms with E-state index in [2.05, 4.69) is 19.9 Å². The number of pyridine rings is 1. The molecule has 0 aliphatic carbocycles. The molecular formula is C23H31N7O2S. The maximum absolute atomic E-state index is 6.12. The third-order valence-electron chi connectivity index (χ3n) is 6.79. The molecule has 0 bridgehead atoms. The van der Waals surface area contributed by atoms with Gasteiger partial charge in [0.2, 0.25) is 5.95 Å². The number of thioether (sulfide) groups is 1. The van der Waals surface area contributed by atoms with Crippen molar-refractivity contribution in [1.82, 2.24) is 29.6 Å². The van der Waals surface area contributed by atoms with Crippen molar-refractivity contribution in [3.05, 3.63) is 28.7 Å². The molecule has 2 aliphatic rings. The highest BCUT2D eigenvalue weighted by molar-refractivity contribution is 7.99. The molecule has 0 saturated carbocycles. The highest BCUT2D eigenvalue weighted by atomic mass is 32.2. The van der Waals surface area contributed by atoms with E-state index in [4.69, 9.17) is 20.3 Å². The molecule has 2 atom stereocenters. The van der Waals surface area contributed by atoms with Crippen LogP contribution in [0.25, 0.3) is 11.0 Å². The van der Waals surface area contributed by atoms with Crippen LogP contribution in [-0.4, -0.2) is 74.8 Å². The normalized spacial score (nSPS) is 21.0. The number of methoxy groups -OCH3 is 2. The van der Waals surface area contributed by atoms with E-state index in [1.165, 1.54) is 12.8 Å². The van der Waals surface area contributed by atoms with Crippen molar-refractivity contribution in [2.75, 3.05) is 38.9 Å². The second-order valence-electron chi connectivity index (χ2n) is 8.89. The quantitative estimate of drug-likeness (QED) is 0.546. The van der Waals surface area contributed by atoms with Crippen LogP contribution in [0.1, 0.15) is 35.4 Å². The van der Waals surface area contributed by atoms with Gasteiger partial charge in [-0.25, -0.2) is 9.67 Å². The number of anilines is 1. The molecule has 0 aromatic carbocycles. The number of likely N-dealkylation sites (tertiary alicyclic amines) is 1. The third kappa shape index (κ3) is 4.04. The molecule has 0 radical (unpaired) electrons. The van der Waals surface area contributed by atoms with E-state index in [9.17, 15) is 0 Å². The van der Waals surface area contributed by atoms with Crippen molar-refractivity contribution >= 4 is 28.7 Å². The number of ether oxygens (including phenoxy) is 2. The summed E-state index contributed by atoms with van der Waals surface area (Å²) in [5, 5.41) is 6.98. The Balaban J connectivity index is 1.53. The SMILES string of the molecule is COC[C@@H]1CCCN1C1CSc2nc(N)nc3c2c(nn3Cc2ncc(C)c(OC)c2C)C1. The fourth-order valence-corrected chi connectivity index (χ4v) is 6.41. The number of nitrogens with zero attached hydrogens (tertiary/aromatic N) is 6. The number of hydrogen-bond acceptors (Lipinski definition) is 9. The first-order chi connectivity index (χ1) is 16.0. The molecule has 10 heteroatoms. The van der Waals surface area contributed by atoms with Crippen molar-refractivity contribution < 1.29 is 9.47 Å². The van der Waals surface area contributed by atoms with E-state index in [-0.39, 0.29) is 5.95 Å². The molecular weight excluding hydrogens is 438 g/mol. The van der Waals surface area contributed by atoms with Gasteiger partial charge in [-0.05, 0) is 33.2 Å². The van der Waals surface area contributed by atoms with E-state index in [1.807, 2.05) is 24.7 Å². The molecule has 33 heavy (non-hydrogen) atoms. The van der Waals surface area contributed by atoms with Crippen molar-refractivity contribution in [3.63, 3.8) is 0 Å². The van der Waals surface area contributed by atoms with Crippen LogP contribution in [0.15, 0.2) is 11.2 Å². The van der Waals surface area contributed by atoms with E-state index >= 15 is 0 Å². The number of nitrogen functional groups attached to an aromatic ring is 1. The monoisotopic (exact) mass is 469 g/mol. The number of aryl methyl sites for hydroxylation is 1. The highest BCUT2D eigenvalue weighted by Crippen LogP contribution is 2.36. The number of rotatable bonds is 6. The summed E-state index contributed by atoms with van der Waals surface area (Å²) in [6.45, 7) is 6.40. The fourth-order valence-electron chi connectivity index (χ4n) is 5.24. The first-order valence-electron chi connectivity index (χ1n) is 11.4. The van der Waals surface area contributed by atoms with Gasteiger partial charge in [-0.15, -0.1) is 11.8 Å². The van der Waals surface area contributed by atoms with E-state index in [1.54, 1.807) is 26.0 Å². The number of hydrogen-bond donors (Lipinski definition) is 1. The molecule has 5 heterocycles. The van der Waals surface area contributed by atoms with Gasteiger partial charge in [0, 0.05) is 48.7 Å². The van der Waals surface area contributed by atoms with Crippen LogP contribution in [-0.2, 0) is 17.7 Å². The summed E-state index contributed by atoms with van der Waals surface area (Å²) >= 11 is 1.76. The molecule has 0 spiro atoms. The molecule has 9 nitrogen and oxygen atoms in total. The van der Waals surface area contributed by atoms with Gasteiger partial charge in [0.05, 0.1) is 37.0 Å². The average molecular weight is 470 g/mol. The largest absolute Gasteiger partial charge is 0.496 e. The first-order valence-corrected chi connectivity index (χ1v) is 12.4. The zero-order valence-corrected chi connectivity index (χ0v) is 20.5. The predicted octanol–water partition coefficient (Wildman–Crippen LogP) is 2.60. The lowest BCUT2D eigenvalue weighted by atomic mass is 10.1. The summed E-state index contributed by atoms with van der Waals surface area (Å²) in [6, 6.07) is 0.835. The van der Waals surface area contributed by atoms with Gasteiger partial charge in [0.1, 0.15) is 10.8 Å². The van der Waals surface area contributed by atoms with Gasteiger partial charge in [0.25, 0.3) is 0 Å². The van der Waals surface area contributed by atoms with Crippen molar-refractivity contribution in [2.45, 2.75) is 56.8 Å². The van der Waals surface area contributed by atoms with Crippen LogP contribution in [0, 0.1) is 13.8 Å². The molecule has 1 saturated heterocycles. The highest BCUT2D eigenvalue weighted by Gasteiger charge is 2.34. The summed E-state index contributed by atoms with van der Waals surface area (Å²) in [4.78, 5) is 16.4. The topological polar surface area (TPSA) is 104 Å². The van der Waals surface area contributed by atoms with Crippen molar-refractivity contribution in [1.29, 1.82) is 0 Å². The molecule has 1 unspecified atom stereocenters. The predicted molar refractivity (Wildman–Crippen MR) is 129 cm³/mol. The lowest BCUT2D eigenvalue weighted by molar-refractivity contribution is 0.0947. The molecule has 2 aliphatic heterocycles. The minimum Gasteiger partial charge on any atom is -0.496 e. The average Bonchev–Trinajstić information content (AvgIpc) is 3.33. The Morgan fingerprint density at radius 2 is 2.09 bits per heavy atom. The molecule has 1 fully saturated rings. The maximum atomic E-state index is 6.12. The second kappa shape index (κ2) is 9.08. The van der Waals surface area contributed by atoms with Crippen molar-refractivity contribution in [3.8, 4) is 5.75 Å². The van der Waals surface area contributed by atoms with Crippen LogP contribution in [0.5, 0.6) is 5.75 Å². The van der Waals surface area contributed by atoms with Crippen LogP contribution in [0.4, 0.5) is 5.95 Å². The Kier molecular flexibility index (Phi) is 6.15. The smallest absolute Gasteiger partial charge is 0.223 e. The summed E-state index contributed by atoms with van der Waals surface area (Å²) in [7, 11) is 3.48. The van der Waals surface area contributed by atoms with Gasteiger partial charge >= 0.3 is 0 Å². The molecule has 3 aromatic heterocycles. The van der Waals surface area contributed by atoms with Gasteiger partial charge < -0.3 is 15.2 Å². The second-order valence-corrected chi connectivity index (χ2v) is 9.90. The van der Waals surface area contributed by atoms with E-state index in [0.29, 0.717) is 18.6 Å². The Morgan fingerprint density at radius 3 is 2.88 bits per heavy atom. The first kappa shape index (κ1) is 22.4. The van der Waals surface area contributed by atoms with Crippen LogP contribution >= 0.6 is 11.8 Å². The minimum atomic E-state index is 0.278. The fraction of sp³-hybridized carbons (Fsp3) is 0.565. The Bertz CT molecular complexity index is 1180. The lowest BCUT2D eigenvalue weighted by Crippen LogP contribution is -2.43. The van der Waals surface area contributed by atoms with Crippen LogP contribution in [0.3, 0.4) is 0 Å². The van der Waals surface area contributed by atoms with Crippen LogP contribution in [0.2, 0.25) is 0 Å². The molecule has 3 aromatic rings. The standard InChI is InChI=1S/C23H31N7O2S/c1-13-9-25-18(14(2)20(13)32-4)10-30-21-19-17(28-30)8-16(12-33-22(19)27-23(24)26-21)29-7-5-6-15(29)11-31-3/h9,15-16H,5-8,10-12H2,1-4H3,(H2,24,26,27)/t15-,16?/m0/s1. The van der Waals surface area contributed by atoms with Gasteiger partial charge in [0.15, 0.2) is 5.65 Å². The number of aromatic nitrogens is 5. The third-order valence-corrected chi connectivity index (χ3v) is 7.91. The molecule has 0 amide bonds. The zero-order chi connectivity index (χ0) is 23.1. The zero-order valence-electron chi connectivity index (χ0n) is 19.7. The summed E-state index contributed by atoms with van der Waals surface area (Å²) in [5.41, 5.74) is 10.9. The summed E-state index contributed by atoms with van der Waals surface area (Å²) in [5.74, 6) is 2.10. The van der Waals surface area contributed by atoms with Crippen molar-refractivity contribution in [2.24, 2.45) is 0 Å². The van der Waals surface area contributed by atoms with E-state index in [0.717, 1.165) is 69.6 Å². The maximum Gasteiger partial charge on any atom is 0.223 e. The Morgan fingerprint density at radius 1 is 1.24 bits per heavy atom. The molecule has 2 N–H and O–H groups in total. The Hall–Kier alpha value is -2.43.